The van der Waals surface area contributed by atoms with E-state index < -0.39 is 6.04 Å². The molecule has 0 aliphatic rings. The van der Waals surface area contributed by atoms with Crippen molar-refractivity contribution in [1.29, 1.82) is 0 Å². The van der Waals surface area contributed by atoms with E-state index in [1.807, 2.05) is 44.6 Å². The highest BCUT2D eigenvalue weighted by molar-refractivity contribution is 7.98. The number of nitrogens with zero attached hydrogens (tertiary/aromatic N) is 1. The van der Waals surface area contributed by atoms with E-state index in [0.717, 1.165) is 18.7 Å². The summed E-state index contributed by atoms with van der Waals surface area (Å²) in [6, 6.07) is 7.49. The van der Waals surface area contributed by atoms with Gasteiger partial charge >= 0.3 is 0 Å². The number of hydrogen-bond donors (Lipinski definition) is 2. The van der Waals surface area contributed by atoms with Crippen molar-refractivity contribution in [3.63, 3.8) is 0 Å². The molecule has 0 aromatic heterocycles. The lowest BCUT2D eigenvalue weighted by Crippen LogP contribution is -2.37. The number of carbonyl (C=O) groups excluding carboxylic acids is 1. The minimum absolute atomic E-state index is 0.342. The average molecular weight is 267 g/mol. The smallest absolute Gasteiger partial charge is 0.239 e. The Labute approximate surface area is 113 Å². The molecule has 0 spiro atoms. The normalized spacial score (nSPS) is 12.7. The fourth-order valence-corrected chi connectivity index (χ4v) is 2.02. The third-order valence-electron chi connectivity index (χ3n) is 2.64. The summed E-state index contributed by atoms with van der Waals surface area (Å²) in [7, 11) is 3.99. The van der Waals surface area contributed by atoms with Crippen LogP contribution in [0.3, 0.4) is 0 Å². The van der Waals surface area contributed by atoms with Gasteiger partial charge in [0, 0.05) is 18.0 Å². The van der Waals surface area contributed by atoms with Crippen LogP contribution in [0.4, 0.5) is 0 Å². The van der Waals surface area contributed by atoms with Gasteiger partial charge in [0.05, 0.1) is 0 Å². The molecule has 4 nitrogen and oxygen atoms in total. The molecule has 0 saturated heterocycles. The van der Waals surface area contributed by atoms with Crippen molar-refractivity contribution in [3.8, 4) is 0 Å². The Morgan fingerprint density at radius 2 is 2.00 bits per heavy atom. The fourth-order valence-electron chi connectivity index (χ4n) is 1.61. The summed E-state index contributed by atoms with van der Waals surface area (Å²) in [6.45, 7) is 1.59. The van der Waals surface area contributed by atoms with E-state index in [2.05, 4.69) is 10.2 Å². The zero-order valence-electron chi connectivity index (χ0n) is 11.1. The molecule has 1 unspecified atom stereocenters. The highest BCUT2D eigenvalue weighted by Crippen LogP contribution is 2.18. The monoisotopic (exact) mass is 267 g/mol. The van der Waals surface area contributed by atoms with Crippen LogP contribution in [0.1, 0.15) is 11.6 Å². The maximum absolute atomic E-state index is 11.5. The van der Waals surface area contributed by atoms with E-state index in [1.165, 1.54) is 4.90 Å². The molecule has 1 atom stereocenters. The third-order valence-corrected chi connectivity index (χ3v) is 3.38. The number of primary amides is 1. The predicted molar refractivity (Wildman–Crippen MR) is 76.7 cm³/mol. The average Bonchev–Trinajstić information content (AvgIpc) is 2.34. The summed E-state index contributed by atoms with van der Waals surface area (Å²) in [4.78, 5) is 14.7. The number of amides is 1. The predicted octanol–water partition coefficient (Wildman–Crippen LogP) is 1.09. The number of carbonyl (C=O) groups is 1. The molecule has 0 aliphatic carbocycles. The lowest BCUT2D eigenvalue weighted by molar-refractivity contribution is -0.120. The number of hydrogen-bond acceptors (Lipinski definition) is 4. The van der Waals surface area contributed by atoms with Gasteiger partial charge in [-0.1, -0.05) is 12.1 Å². The van der Waals surface area contributed by atoms with Crippen LogP contribution in [0.25, 0.3) is 0 Å². The highest BCUT2D eigenvalue weighted by Gasteiger charge is 2.16. The lowest BCUT2D eigenvalue weighted by atomic mass is 10.1. The number of nitrogens with one attached hydrogen (secondary N) is 1. The summed E-state index contributed by atoms with van der Waals surface area (Å²) in [5.74, 6) is -0.342. The van der Waals surface area contributed by atoms with Gasteiger partial charge in [0.25, 0.3) is 0 Å². The Morgan fingerprint density at radius 3 is 2.44 bits per heavy atom. The van der Waals surface area contributed by atoms with Crippen LogP contribution in [-0.2, 0) is 4.79 Å². The van der Waals surface area contributed by atoms with Crippen LogP contribution >= 0.6 is 11.8 Å². The summed E-state index contributed by atoms with van der Waals surface area (Å²) in [5, 5.41) is 3.18. The third kappa shape index (κ3) is 4.68. The van der Waals surface area contributed by atoms with Gasteiger partial charge in [-0.15, -0.1) is 11.8 Å². The van der Waals surface area contributed by atoms with Gasteiger partial charge in [0.2, 0.25) is 5.91 Å². The molecule has 5 heteroatoms. The van der Waals surface area contributed by atoms with Crippen molar-refractivity contribution >= 4 is 17.7 Å². The molecule has 1 aromatic rings. The zero-order valence-corrected chi connectivity index (χ0v) is 12.0. The molecule has 0 aliphatic heterocycles. The first-order valence-corrected chi connectivity index (χ1v) is 7.08. The molecule has 1 aromatic carbocycles. The standard InChI is InChI=1S/C13H21N3OS/c1-16(2)9-8-15-12(13(14)17)10-4-6-11(18-3)7-5-10/h4-7,12,15H,8-9H2,1-3H3,(H2,14,17). The molecule has 18 heavy (non-hydrogen) atoms. The van der Waals surface area contributed by atoms with Crippen molar-refractivity contribution in [3.05, 3.63) is 29.8 Å². The quantitative estimate of drug-likeness (QED) is 0.726. The molecule has 1 amide bonds. The SMILES string of the molecule is CSc1ccc(C(NCCN(C)C)C(N)=O)cc1. The first-order valence-electron chi connectivity index (χ1n) is 5.86. The van der Waals surface area contributed by atoms with E-state index in [0.29, 0.717) is 0 Å². The number of likely N-dealkylation sites (N-methyl/N-ethyl adjacent to an activating group) is 1. The zero-order chi connectivity index (χ0) is 13.5. The van der Waals surface area contributed by atoms with E-state index in [9.17, 15) is 4.79 Å². The molecule has 0 bridgehead atoms. The maximum atomic E-state index is 11.5. The van der Waals surface area contributed by atoms with Crippen LogP contribution < -0.4 is 11.1 Å². The minimum Gasteiger partial charge on any atom is -0.368 e. The summed E-state index contributed by atoms with van der Waals surface area (Å²) in [6.07, 6.45) is 2.02. The second-order valence-electron chi connectivity index (χ2n) is 4.37. The van der Waals surface area contributed by atoms with Crippen LogP contribution in [-0.4, -0.2) is 44.2 Å². The molecule has 0 saturated carbocycles. The van der Waals surface area contributed by atoms with Crippen molar-refractivity contribution < 1.29 is 4.79 Å². The molecule has 1 rings (SSSR count). The summed E-state index contributed by atoms with van der Waals surface area (Å²) < 4.78 is 0. The van der Waals surface area contributed by atoms with Gasteiger partial charge in [-0.3, -0.25) is 4.79 Å². The molecule has 3 N–H and O–H groups in total. The molecule has 0 radical (unpaired) electrons. The second kappa shape index (κ2) is 7.41. The number of rotatable bonds is 7. The van der Waals surface area contributed by atoms with Crippen LogP contribution in [0.15, 0.2) is 29.2 Å². The Balaban J connectivity index is 2.68. The maximum Gasteiger partial charge on any atom is 0.239 e. The van der Waals surface area contributed by atoms with Crippen molar-refractivity contribution in [2.24, 2.45) is 5.73 Å². The first-order chi connectivity index (χ1) is 8.54. The molecule has 0 heterocycles. The van der Waals surface area contributed by atoms with Gasteiger partial charge < -0.3 is 16.0 Å². The van der Waals surface area contributed by atoms with Gasteiger partial charge in [0.15, 0.2) is 0 Å². The topological polar surface area (TPSA) is 58.4 Å². The molecular weight excluding hydrogens is 246 g/mol. The molecule has 0 fully saturated rings. The van der Waals surface area contributed by atoms with Gasteiger partial charge in [0.1, 0.15) is 6.04 Å². The number of thioether (sulfide) groups is 1. The van der Waals surface area contributed by atoms with Crippen LogP contribution in [0.5, 0.6) is 0 Å². The number of nitrogens with two attached hydrogens (primary N) is 1. The van der Waals surface area contributed by atoms with E-state index >= 15 is 0 Å². The Kier molecular flexibility index (Phi) is 6.18. The van der Waals surface area contributed by atoms with Crippen molar-refractivity contribution in [2.75, 3.05) is 33.4 Å². The lowest BCUT2D eigenvalue weighted by Gasteiger charge is -2.18. The minimum atomic E-state index is -0.416. The summed E-state index contributed by atoms with van der Waals surface area (Å²) >= 11 is 1.68. The molecular formula is C13H21N3OS. The van der Waals surface area contributed by atoms with E-state index in [4.69, 9.17) is 5.73 Å². The Morgan fingerprint density at radius 1 is 1.39 bits per heavy atom. The van der Waals surface area contributed by atoms with Crippen molar-refractivity contribution in [2.45, 2.75) is 10.9 Å². The number of benzene rings is 1. The fraction of sp³-hybridized carbons (Fsp3) is 0.462. The Bertz CT molecular complexity index is 378. The van der Waals surface area contributed by atoms with E-state index in [-0.39, 0.29) is 5.91 Å². The summed E-state index contributed by atoms with van der Waals surface area (Å²) in [5.41, 5.74) is 6.35. The molecule has 100 valence electrons. The van der Waals surface area contributed by atoms with E-state index in [1.54, 1.807) is 11.8 Å². The van der Waals surface area contributed by atoms with Crippen molar-refractivity contribution in [1.82, 2.24) is 10.2 Å². The Hall–Kier alpha value is -1.04. The van der Waals surface area contributed by atoms with Gasteiger partial charge in [-0.2, -0.15) is 0 Å². The van der Waals surface area contributed by atoms with Gasteiger partial charge in [-0.05, 0) is 38.0 Å². The largest absolute Gasteiger partial charge is 0.368 e. The van der Waals surface area contributed by atoms with Crippen LogP contribution in [0, 0.1) is 0 Å². The van der Waals surface area contributed by atoms with Gasteiger partial charge in [-0.25, -0.2) is 0 Å². The second-order valence-corrected chi connectivity index (χ2v) is 5.25. The first kappa shape index (κ1) is 15.0. The van der Waals surface area contributed by atoms with Crippen LogP contribution in [0.2, 0.25) is 0 Å². The highest BCUT2D eigenvalue weighted by atomic mass is 32.2.